The topological polar surface area (TPSA) is 85.9 Å². The first-order valence-electron chi connectivity index (χ1n) is 7.41. The van der Waals surface area contributed by atoms with Gasteiger partial charge in [-0.3, -0.25) is 9.89 Å². The number of thiophene rings is 1. The van der Waals surface area contributed by atoms with Crippen molar-refractivity contribution >= 4 is 46.0 Å². The van der Waals surface area contributed by atoms with E-state index in [4.69, 9.17) is 11.6 Å². The van der Waals surface area contributed by atoms with Crippen molar-refractivity contribution in [1.82, 2.24) is 20.6 Å². The van der Waals surface area contributed by atoms with Crippen molar-refractivity contribution in [1.29, 1.82) is 0 Å². The maximum atomic E-state index is 12.1. The Morgan fingerprint density at radius 1 is 1.28 bits per heavy atom. The van der Waals surface area contributed by atoms with Crippen LogP contribution in [0, 0.1) is 0 Å². The smallest absolute Gasteiger partial charge is 0.291 e. The van der Waals surface area contributed by atoms with Crippen LogP contribution in [0.1, 0.15) is 16.1 Å². The Balaban J connectivity index is 1.46. The summed E-state index contributed by atoms with van der Waals surface area (Å²) in [5, 5.41) is 11.9. The quantitative estimate of drug-likeness (QED) is 0.374. The predicted octanol–water partition coefficient (Wildman–Crippen LogP) is 4.04. The number of benzene rings is 1. The molecule has 0 unspecified atom stereocenters. The van der Waals surface area contributed by atoms with Crippen LogP contribution in [0.25, 0.3) is 21.5 Å². The molecule has 0 aliphatic heterocycles. The van der Waals surface area contributed by atoms with Crippen LogP contribution < -0.4 is 5.43 Å². The maximum Gasteiger partial charge on any atom is 0.291 e. The number of rotatable bonds is 4. The SMILES string of the molecule is O=C(N/N=C/c1c[nH]c2ccccc12)c1cc(-c2ccc(Cl)s2)[nH]n1. The molecule has 4 rings (SSSR count). The van der Waals surface area contributed by atoms with Crippen LogP contribution in [0.5, 0.6) is 0 Å². The molecule has 0 saturated carbocycles. The zero-order chi connectivity index (χ0) is 17.2. The first-order valence-corrected chi connectivity index (χ1v) is 8.61. The summed E-state index contributed by atoms with van der Waals surface area (Å²) in [7, 11) is 0. The number of hydrazone groups is 1. The number of para-hydroxylation sites is 1. The molecule has 1 amide bonds. The van der Waals surface area contributed by atoms with E-state index in [9.17, 15) is 4.79 Å². The third-order valence-corrected chi connectivity index (χ3v) is 4.90. The van der Waals surface area contributed by atoms with E-state index < -0.39 is 0 Å². The molecule has 0 saturated heterocycles. The lowest BCUT2D eigenvalue weighted by Crippen LogP contribution is -2.17. The number of nitrogens with zero attached hydrogens (tertiary/aromatic N) is 2. The van der Waals surface area contributed by atoms with Gasteiger partial charge in [-0.05, 0) is 24.3 Å². The van der Waals surface area contributed by atoms with E-state index in [-0.39, 0.29) is 11.6 Å². The zero-order valence-corrected chi connectivity index (χ0v) is 14.4. The Morgan fingerprint density at radius 3 is 3.00 bits per heavy atom. The molecule has 3 aromatic heterocycles. The normalized spacial score (nSPS) is 11.4. The van der Waals surface area contributed by atoms with Gasteiger partial charge in [0.05, 0.1) is 21.1 Å². The zero-order valence-electron chi connectivity index (χ0n) is 12.8. The molecule has 0 bridgehead atoms. The molecule has 3 heterocycles. The summed E-state index contributed by atoms with van der Waals surface area (Å²) in [6.07, 6.45) is 3.44. The van der Waals surface area contributed by atoms with Gasteiger partial charge in [-0.15, -0.1) is 11.3 Å². The second-order valence-corrected chi connectivity index (χ2v) is 6.97. The van der Waals surface area contributed by atoms with Gasteiger partial charge in [-0.2, -0.15) is 10.2 Å². The van der Waals surface area contributed by atoms with E-state index in [0.29, 0.717) is 4.34 Å². The van der Waals surface area contributed by atoms with Gasteiger partial charge in [0.1, 0.15) is 0 Å². The molecule has 3 N–H and O–H groups in total. The van der Waals surface area contributed by atoms with Crippen molar-refractivity contribution in [3.63, 3.8) is 0 Å². The third-order valence-electron chi connectivity index (χ3n) is 3.64. The number of amides is 1. The molecule has 4 aromatic rings. The Bertz CT molecular complexity index is 1080. The fraction of sp³-hybridized carbons (Fsp3) is 0. The van der Waals surface area contributed by atoms with Gasteiger partial charge in [0.25, 0.3) is 5.91 Å². The molecule has 1 aromatic carbocycles. The number of hydrogen-bond acceptors (Lipinski definition) is 4. The van der Waals surface area contributed by atoms with Gasteiger partial charge in [0.15, 0.2) is 5.69 Å². The highest BCUT2D eigenvalue weighted by Gasteiger charge is 2.12. The lowest BCUT2D eigenvalue weighted by molar-refractivity contribution is 0.0950. The Labute approximate surface area is 151 Å². The first kappa shape index (κ1) is 15.6. The molecule has 0 radical (unpaired) electrons. The number of hydrogen-bond donors (Lipinski definition) is 3. The minimum absolute atomic E-state index is 0.260. The van der Waals surface area contributed by atoms with Crippen molar-refractivity contribution in [2.75, 3.05) is 0 Å². The van der Waals surface area contributed by atoms with Crippen LogP contribution in [0.15, 0.2) is 53.8 Å². The summed E-state index contributed by atoms with van der Waals surface area (Å²) >= 11 is 7.33. The van der Waals surface area contributed by atoms with Crippen LogP contribution in [-0.2, 0) is 0 Å². The molecule has 0 atom stereocenters. The summed E-state index contributed by atoms with van der Waals surface area (Å²) in [5.74, 6) is -0.388. The first-order chi connectivity index (χ1) is 12.2. The molecule has 8 heteroatoms. The standard InChI is InChI=1S/C17H12ClN5OS/c18-16-6-5-15(25-16)13-7-14(22-21-13)17(24)23-20-9-10-8-19-12-4-2-1-3-11(10)12/h1-9,19H,(H,21,22)(H,23,24)/b20-9+. The van der Waals surface area contributed by atoms with Crippen molar-refractivity contribution in [3.8, 4) is 10.6 Å². The number of halogens is 1. The van der Waals surface area contributed by atoms with Crippen LogP contribution >= 0.6 is 22.9 Å². The third kappa shape index (κ3) is 3.19. The van der Waals surface area contributed by atoms with E-state index in [1.54, 1.807) is 18.3 Å². The lowest BCUT2D eigenvalue weighted by Gasteiger charge is -1.94. The maximum absolute atomic E-state index is 12.1. The van der Waals surface area contributed by atoms with Crippen molar-refractivity contribution < 1.29 is 4.79 Å². The van der Waals surface area contributed by atoms with Crippen LogP contribution in [0.4, 0.5) is 0 Å². The Morgan fingerprint density at radius 2 is 2.16 bits per heavy atom. The van der Waals surface area contributed by atoms with E-state index in [1.807, 2.05) is 36.5 Å². The highest BCUT2D eigenvalue weighted by Crippen LogP contribution is 2.29. The molecule has 124 valence electrons. The molecule has 0 aliphatic rings. The van der Waals surface area contributed by atoms with Gasteiger partial charge in [-0.1, -0.05) is 29.8 Å². The fourth-order valence-corrected chi connectivity index (χ4v) is 3.45. The summed E-state index contributed by atoms with van der Waals surface area (Å²) in [5.41, 5.74) is 5.39. The highest BCUT2D eigenvalue weighted by molar-refractivity contribution is 7.19. The summed E-state index contributed by atoms with van der Waals surface area (Å²) in [4.78, 5) is 16.2. The Hall–Kier alpha value is -2.90. The van der Waals surface area contributed by atoms with Gasteiger partial charge >= 0.3 is 0 Å². The number of H-pyrrole nitrogens is 2. The highest BCUT2D eigenvalue weighted by atomic mass is 35.5. The van der Waals surface area contributed by atoms with E-state index in [1.165, 1.54) is 11.3 Å². The summed E-state index contributed by atoms with van der Waals surface area (Å²) in [6.45, 7) is 0. The fourth-order valence-electron chi connectivity index (χ4n) is 2.44. The number of aromatic amines is 2. The van der Waals surface area contributed by atoms with E-state index in [0.717, 1.165) is 27.0 Å². The minimum atomic E-state index is -0.388. The number of nitrogens with one attached hydrogen (secondary N) is 3. The van der Waals surface area contributed by atoms with Gasteiger partial charge < -0.3 is 4.98 Å². The second kappa shape index (κ2) is 6.54. The van der Waals surface area contributed by atoms with Gasteiger partial charge in [0, 0.05) is 22.7 Å². The number of aromatic nitrogens is 3. The Kier molecular flexibility index (Phi) is 4.09. The molecular weight excluding hydrogens is 358 g/mol. The van der Waals surface area contributed by atoms with Crippen molar-refractivity contribution in [2.24, 2.45) is 5.10 Å². The van der Waals surface area contributed by atoms with E-state index >= 15 is 0 Å². The minimum Gasteiger partial charge on any atom is -0.361 e. The summed E-state index contributed by atoms with van der Waals surface area (Å²) in [6, 6.07) is 13.2. The van der Waals surface area contributed by atoms with Crippen LogP contribution in [0.3, 0.4) is 0 Å². The number of carbonyl (C=O) groups is 1. The van der Waals surface area contributed by atoms with Gasteiger partial charge in [0.2, 0.25) is 0 Å². The second-order valence-electron chi connectivity index (χ2n) is 5.26. The largest absolute Gasteiger partial charge is 0.361 e. The average Bonchev–Trinajstić information content (AvgIpc) is 3.34. The molecule has 0 aliphatic carbocycles. The van der Waals surface area contributed by atoms with Crippen LogP contribution in [-0.4, -0.2) is 27.3 Å². The summed E-state index contributed by atoms with van der Waals surface area (Å²) < 4.78 is 0.680. The van der Waals surface area contributed by atoms with Crippen molar-refractivity contribution in [3.05, 3.63) is 64.3 Å². The monoisotopic (exact) mass is 369 g/mol. The van der Waals surface area contributed by atoms with Gasteiger partial charge in [-0.25, -0.2) is 5.43 Å². The molecule has 0 fully saturated rings. The molecule has 25 heavy (non-hydrogen) atoms. The molecule has 6 nitrogen and oxygen atoms in total. The molecule has 0 spiro atoms. The van der Waals surface area contributed by atoms with Crippen molar-refractivity contribution in [2.45, 2.75) is 0 Å². The van der Waals surface area contributed by atoms with Crippen LogP contribution in [0.2, 0.25) is 4.34 Å². The number of carbonyl (C=O) groups excluding carboxylic acids is 1. The lowest BCUT2D eigenvalue weighted by atomic mass is 10.2. The number of fused-ring (bicyclic) bond motifs is 1. The van der Waals surface area contributed by atoms with E-state index in [2.05, 4.69) is 25.7 Å². The molecular formula is C17H12ClN5OS. The average molecular weight is 370 g/mol. The predicted molar refractivity (Wildman–Crippen MR) is 100 cm³/mol.